The van der Waals surface area contributed by atoms with Crippen LogP contribution in [-0.2, 0) is 4.79 Å². The van der Waals surface area contributed by atoms with Gasteiger partial charge in [0.1, 0.15) is 5.75 Å². The van der Waals surface area contributed by atoms with Crippen molar-refractivity contribution in [3.05, 3.63) is 29.8 Å². The quantitative estimate of drug-likeness (QED) is 0.853. The van der Waals surface area contributed by atoms with Crippen molar-refractivity contribution < 1.29 is 22.7 Å². The molecule has 0 spiro atoms. The van der Waals surface area contributed by atoms with E-state index in [1.165, 1.54) is 4.90 Å². The normalized spacial score (nSPS) is 16.6. The molecule has 0 bridgehead atoms. The predicted molar refractivity (Wildman–Crippen MR) is 75.7 cm³/mol. The maximum atomic E-state index is 12.3. The number of aryl methyl sites for hydroxylation is 1. The van der Waals surface area contributed by atoms with Gasteiger partial charge >= 0.3 is 6.18 Å². The number of amides is 1. The van der Waals surface area contributed by atoms with E-state index >= 15 is 0 Å². The van der Waals surface area contributed by atoms with E-state index in [2.05, 4.69) is 0 Å². The molecule has 2 rings (SSSR count). The highest BCUT2D eigenvalue weighted by Crippen LogP contribution is 2.18. The van der Waals surface area contributed by atoms with Crippen molar-refractivity contribution in [2.45, 2.75) is 13.1 Å². The number of hydrogen-bond donors (Lipinski definition) is 0. The Bertz CT molecular complexity index is 512. The highest BCUT2D eigenvalue weighted by atomic mass is 19.4. The SMILES string of the molecule is Cc1ccccc1OCC(=O)N1CCN(CC(F)(F)F)CC1. The molecule has 22 heavy (non-hydrogen) atoms. The van der Waals surface area contributed by atoms with E-state index in [0.717, 1.165) is 5.56 Å². The van der Waals surface area contributed by atoms with E-state index < -0.39 is 12.7 Å². The number of halogens is 3. The number of hydrogen-bond acceptors (Lipinski definition) is 3. The molecule has 1 fully saturated rings. The van der Waals surface area contributed by atoms with Crippen LogP contribution in [0.3, 0.4) is 0 Å². The highest BCUT2D eigenvalue weighted by molar-refractivity contribution is 5.78. The largest absolute Gasteiger partial charge is 0.484 e. The second-order valence-corrected chi connectivity index (χ2v) is 5.33. The van der Waals surface area contributed by atoms with E-state index in [1.54, 1.807) is 11.0 Å². The molecule has 1 aliphatic rings. The maximum absolute atomic E-state index is 12.3. The Balaban J connectivity index is 1.77. The molecule has 1 saturated heterocycles. The van der Waals surface area contributed by atoms with Gasteiger partial charge in [-0.2, -0.15) is 13.2 Å². The number of alkyl halides is 3. The standard InChI is InChI=1S/C15H19F3N2O2/c1-12-4-2-3-5-13(12)22-10-14(21)20-8-6-19(7-9-20)11-15(16,17)18/h2-5H,6-11H2,1H3. The number of piperazine rings is 1. The molecule has 0 unspecified atom stereocenters. The Morgan fingerprint density at radius 3 is 2.41 bits per heavy atom. The molecule has 0 radical (unpaired) electrons. The third-order valence-corrected chi connectivity index (χ3v) is 3.57. The molecule has 0 N–H and O–H groups in total. The molecule has 0 atom stereocenters. The summed E-state index contributed by atoms with van der Waals surface area (Å²) >= 11 is 0. The average molecular weight is 316 g/mol. The van der Waals surface area contributed by atoms with Crippen LogP contribution in [0.15, 0.2) is 24.3 Å². The summed E-state index contributed by atoms with van der Waals surface area (Å²) in [6, 6.07) is 7.37. The van der Waals surface area contributed by atoms with E-state index in [4.69, 9.17) is 4.74 Å². The smallest absolute Gasteiger partial charge is 0.401 e. The fourth-order valence-electron chi connectivity index (χ4n) is 2.36. The van der Waals surface area contributed by atoms with Gasteiger partial charge in [-0.05, 0) is 18.6 Å². The lowest BCUT2D eigenvalue weighted by molar-refractivity contribution is -0.152. The number of carbonyl (C=O) groups is 1. The van der Waals surface area contributed by atoms with Crippen LogP contribution in [0.2, 0.25) is 0 Å². The van der Waals surface area contributed by atoms with E-state index in [1.807, 2.05) is 25.1 Å². The number of carbonyl (C=O) groups excluding carboxylic acids is 1. The zero-order valence-electron chi connectivity index (χ0n) is 12.4. The molecule has 1 aromatic rings. The van der Waals surface area contributed by atoms with Crippen molar-refractivity contribution in [3.63, 3.8) is 0 Å². The molecular formula is C15H19F3N2O2. The lowest BCUT2D eigenvalue weighted by Crippen LogP contribution is -2.51. The molecular weight excluding hydrogens is 297 g/mol. The van der Waals surface area contributed by atoms with Crippen LogP contribution in [0.5, 0.6) is 5.75 Å². The summed E-state index contributed by atoms with van der Waals surface area (Å²) < 4.78 is 42.4. The molecule has 7 heteroatoms. The van der Waals surface area contributed by atoms with Gasteiger partial charge in [-0.25, -0.2) is 0 Å². The molecule has 4 nitrogen and oxygen atoms in total. The molecule has 1 amide bonds. The van der Waals surface area contributed by atoms with Gasteiger partial charge in [0.05, 0.1) is 6.54 Å². The summed E-state index contributed by atoms with van der Waals surface area (Å²) in [5.41, 5.74) is 0.935. The Morgan fingerprint density at radius 2 is 1.82 bits per heavy atom. The van der Waals surface area contributed by atoms with E-state index in [-0.39, 0.29) is 25.6 Å². The van der Waals surface area contributed by atoms with Gasteiger partial charge in [-0.1, -0.05) is 18.2 Å². The summed E-state index contributed by atoms with van der Waals surface area (Å²) in [7, 11) is 0. The average Bonchev–Trinajstić information content (AvgIpc) is 2.45. The van der Waals surface area contributed by atoms with Crippen molar-refractivity contribution in [2.75, 3.05) is 39.3 Å². The first-order valence-electron chi connectivity index (χ1n) is 7.10. The molecule has 0 saturated carbocycles. The summed E-state index contributed by atoms with van der Waals surface area (Å²) in [5, 5.41) is 0. The highest BCUT2D eigenvalue weighted by Gasteiger charge is 2.32. The summed E-state index contributed by atoms with van der Waals surface area (Å²) in [6.07, 6.45) is -4.19. The van der Waals surface area contributed by atoms with Gasteiger partial charge in [0, 0.05) is 26.2 Å². The third kappa shape index (κ3) is 4.91. The number of rotatable bonds is 4. The first kappa shape index (κ1) is 16.6. The number of ether oxygens (including phenoxy) is 1. The third-order valence-electron chi connectivity index (χ3n) is 3.57. The Morgan fingerprint density at radius 1 is 1.18 bits per heavy atom. The van der Waals surface area contributed by atoms with Crippen LogP contribution in [0.4, 0.5) is 13.2 Å². The lowest BCUT2D eigenvalue weighted by atomic mass is 10.2. The number of para-hydroxylation sites is 1. The summed E-state index contributed by atoms with van der Waals surface area (Å²) in [5.74, 6) is 0.446. The van der Waals surface area contributed by atoms with Gasteiger partial charge in [-0.15, -0.1) is 0 Å². The number of benzene rings is 1. The van der Waals surface area contributed by atoms with Crippen molar-refractivity contribution in [2.24, 2.45) is 0 Å². The molecule has 1 aromatic carbocycles. The van der Waals surface area contributed by atoms with Crippen LogP contribution in [-0.4, -0.2) is 61.2 Å². The second-order valence-electron chi connectivity index (χ2n) is 5.33. The second kappa shape index (κ2) is 7.00. The van der Waals surface area contributed by atoms with Crippen LogP contribution in [0.1, 0.15) is 5.56 Å². The van der Waals surface area contributed by atoms with Gasteiger partial charge < -0.3 is 9.64 Å². The predicted octanol–water partition coefficient (Wildman–Crippen LogP) is 2.08. The zero-order chi connectivity index (χ0) is 16.2. The van der Waals surface area contributed by atoms with Crippen molar-refractivity contribution >= 4 is 5.91 Å². The summed E-state index contributed by atoms with van der Waals surface area (Å²) in [4.78, 5) is 14.9. The van der Waals surface area contributed by atoms with Gasteiger partial charge in [0.2, 0.25) is 0 Å². The molecule has 0 aromatic heterocycles. The van der Waals surface area contributed by atoms with Crippen LogP contribution < -0.4 is 4.74 Å². The van der Waals surface area contributed by atoms with Gasteiger partial charge in [0.25, 0.3) is 5.91 Å². The Kier molecular flexibility index (Phi) is 5.28. The minimum absolute atomic E-state index is 0.0931. The van der Waals surface area contributed by atoms with Crippen LogP contribution in [0, 0.1) is 6.92 Å². The van der Waals surface area contributed by atoms with Crippen molar-refractivity contribution in [3.8, 4) is 5.75 Å². The molecule has 122 valence electrons. The van der Waals surface area contributed by atoms with Crippen LogP contribution in [0.25, 0.3) is 0 Å². The first-order valence-corrected chi connectivity index (χ1v) is 7.10. The molecule has 1 heterocycles. The summed E-state index contributed by atoms with van der Waals surface area (Å²) in [6.45, 7) is 1.93. The fourth-order valence-corrected chi connectivity index (χ4v) is 2.36. The van der Waals surface area contributed by atoms with Gasteiger partial charge in [-0.3, -0.25) is 9.69 Å². The lowest BCUT2D eigenvalue weighted by Gasteiger charge is -2.34. The van der Waals surface area contributed by atoms with Crippen molar-refractivity contribution in [1.29, 1.82) is 0 Å². The van der Waals surface area contributed by atoms with Crippen LogP contribution >= 0.6 is 0 Å². The van der Waals surface area contributed by atoms with E-state index in [9.17, 15) is 18.0 Å². The minimum atomic E-state index is -4.19. The topological polar surface area (TPSA) is 32.8 Å². The van der Waals surface area contributed by atoms with Gasteiger partial charge in [0.15, 0.2) is 6.61 Å². The monoisotopic (exact) mass is 316 g/mol. The van der Waals surface area contributed by atoms with E-state index in [0.29, 0.717) is 18.8 Å². The van der Waals surface area contributed by atoms with Crippen molar-refractivity contribution in [1.82, 2.24) is 9.80 Å². The zero-order valence-corrected chi connectivity index (χ0v) is 12.4. The molecule has 0 aliphatic carbocycles. The minimum Gasteiger partial charge on any atom is -0.484 e. The Hall–Kier alpha value is -1.76. The first-order chi connectivity index (χ1) is 10.3. The molecule has 1 aliphatic heterocycles. The number of nitrogens with zero attached hydrogens (tertiary/aromatic N) is 2. The maximum Gasteiger partial charge on any atom is 0.401 e. The Labute approximate surface area is 127 Å². The fraction of sp³-hybridized carbons (Fsp3) is 0.533.